The minimum absolute atomic E-state index is 0.907. The molecule has 0 atom stereocenters. The van der Waals surface area contributed by atoms with E-state index in [1.807, 2.05) is 32.2 Å². The molecule has 1 aromatic heterocycles. The highest BCUT2D eigenvalue weighted by atomic mass is 14.8. The van der Waals surface area contributed by atoms with Crippen molar-refractivity contribution < 1.29 is 0 Å². The predicted octanol–water partition coefficient (Wildman–Crippen LogP) is 2.30. The van der Waals surface area contributed by atoms with E-state index in [0.717, 1.165) is 17.0 Å². The summed E-state index contributed by atoms with van der Waals surface area (Å²) in [6.07, 6.45) is 5.55. The molecule has 0 bridgehead atoms. The number of hydrogen-bond acceptors (Lipinski definition) is 2. The van der Waals surface area contributed by atoms with E-state index in [2.05, 4.69) is 16.9 Å². The zero-order chi connectivity index (χ0) is 9.68. The topological polar surface area (TPSA) is 24.9 Å². The van der Waals surface area contributed by atoms with E-state index >= 15 is 0 Å². The molecule has 0 aliphatic heterocycles. The van der Waals surface area contributed by atoms with Gasteiger partial charge in [-0.25, -0.2) is 0 Å². The lowest BCUT2D eigenvalue weighted by molar-refractivity contribution is 1.11. The van der Waals surface area contributed by atoms with E-state index in [4.69, 9.17) is 0 Å². The maximum Gasteiger partial charge on any atom is 0.0716 e. The van der Waals surface area contributed by atoms with Crippen LogP contribution in [-0.4, -0.2) is 12.0 Å². The van der Waals surface area contributed by atoms with Gasteiger partial charge >= 0.3 is 0 Å². The molecule has 0 aromatic carbocycles. The lowest BCUT2D eigenvalue weighted by atomic mass is 10.1. The summed E-state index contributed by atoms with van der Waals surface area (Å²) in [6, 6.07) is 3.94. The first-order valence-electron chi connectivity index (χ1n) is 4.25. The molecular weight excluding hydrogens is 160 g/mol. The minimum atomic E-state index is 0.907. The van der Waals surface area contributed by atoms with Crippen LogP contribution in [0.2, 0.25) is 0 Å². The monoisotopic (exact) mass is 174 g/mol. The van der Waals surface area contributed by atoms with Gasteiger partial charge in [-0.1, -0.05) is 12.7 Å². The standard InChI is InChI=1S/C11H14N2/c1-4-10(12-3)9-7-6-8-13-11(9)5-2/h4-8,12H,2H2,1,3H3/b10-4+. The normalized spacial score (nSPS) is 11.1. The molecule has 0 saturated heterocycles. The third kappa shape index (κ3) is 1.96. The molecule has 0 fully saturated rings. The number of allylic oxidation sites excluding steroid dienone is 1. The fraction of sp³-hybridized carbons (Fsp3) is 0.182. The van der Waals surface area contributed by atoms with Crippen LogP contribution in [0.5, 0.6) is 0 Å². The molecule has 1 heterocycles. The quantitative estimate of drug-likeness (QED) is 0.760. The Hall–Kier alpha value is -1.57. The first-order chi connectivity index (χ1) is 6.33. The van der Waals surface area contributed by atoms with Gasteiger partial charge in [0.25, 0.3) is 0 Å². The highest BCUT2D eigenvalue weighted by molar-refractivity contribution is 5.70. The minimum Gasteiger partial charge on any atom is -0.388 e. The van der Waals surface area contributed by atoms with E-state index in [9.17, 15) is 0 Å². The van der Waals surface area contributed by atoms with Gasteiger partial charge < -0.3 is 5.32 Å². The highest BCUT2D eigenvalue weighted by Crippen LogP contribution is 2.14. The van der Waals surface area contributed by atoms with Crippen LogP contribution < -0.4 is 5.32 Å². The van der Waals surface area contributed by atoms with Crippen LogP contribution >= 0.6 is 0 Å². The number of nitrogens with one attached hydrogen (secondary N) is 1. The van der Waals surface area contributed by atoms with Crippen molar-refractivity contribution in [3.05, 3.63) is 42.2 Å². The zero-order valence-electron chi connectivity index (χ0n) is 8.04. The van der Waals surface area contributed by atoms with E-state index in [1.165, 1.54) is 0 Å². The maximum absolute atomic E-state index is 4.22. The summed E-state index contributed by atoms with van der Waals surface area (Å²) >= 11 is 0. The van der Waals surface area contributed by atoms with E-state index in [0.29, 0.717) is 0 Å². The Morgan fingerprint density at radius 2 is 2.38 bits per heavy atom. The molecule has 1 aromatic rings. The molecule has 68 valence electrons. The van der Waals surface area contributed by atoms with Gasteiger partial charge in [0, 0.05) is 24.5 Å². The molecule has 0 spiro atoms. The van der Waals surface area contributed by atoms with Gasteiger partial charge in [0.2, 0.25) is 0 Å². The van der Waals surface area contributed by atoms with Crippen molar-refractivity contribution in [1.82, 2.24) is 10.3 Å². The largest absolute Gasteiger partial charge is 0.388 e. The fourth-order valence-electron chi connectivity index (χ4n) is 1.24. The number of nitrogens with zero attached hydrogens (tertiary/aromatic N) is 1. The highest BCUT2D eigenvalue weighted by Gasteiger charge is 2.02. The number of hydrogen-bond donors (Lipinski definition) is 1. The SMILES string of the molecule is C=Cc1ncccc1/C(=C\C)NC. The van der Waals surface area contributed by atoms with Crippen molar-refractivity contribution in [1.29, 1.82) is 0 Å². The molecule has 1 N–H and O–H groups in total. The fourth-order valence-corrected chi connectivity index (χ4v) is 1.24. The maximum atomic E-state index is 4.22. The summed E-state index contributed by atoms with van der Waals surface area (Å²) in [4.78, 5) is 4.22. The average molecular weight is 174 g/mol. The van der Waals surface area contributed by atoms with Crippen molar-refractivity contribution in [2.75, 3.05) is 7.05 Å². The molecule has 13 heavy (non-hydrogen) atoms. The molecule has 2 nitrogen and oxygen atoms in total. The Bertz CT molecular complexity index is 327. The predicted molar refractivity (Wildman–Crippen MR) is 57.0 cm³/mol. The second-order valence-corrected chi connectivity index (χ2v) is 2.59. The van der Waals surface area contributed by atoms with Crippen molar-refractivity contribution in [3.63, 3.8) is 0 Å². The second kappa shape index (κ2) is 4.45. The smallest absolute Gasteiger partial charge is 0.0716 e. The Labute approximate surface area is 79.0 Å². The summed E-state index contributed by atoms with van der Waals surface area (Å²) in [6.45, 7) is 5.72. The summed E-state index contributed by atoms with van der Waals surface area (Å²) in [5, 5.41) is 3.12. The van der Waals surface area contributed by atoms with Gasteiger partial charge in [0.05, 0.1) is 5.69 Å². The van der Waals surface area contributed by atoms with Crippen molar-refractivity contribution >= 4 is 11.8 Å². The van der Waals surface area contributed by atoms with Gasteiger partial charge in [-0.15, -0.1) is 0 Å². The molecule has 1 rings (SSSR count). The lowest BCUT2D eigenvalue weighted by Gasteiger charge is -2.08. The molecule has 0 saturated carbocycles. The number of pyridine rings is 1. The van der Waals surface area contributed by atoms with Crippen LogP contribution in [0, 0.1) is 0 Å². The third-order valence-corrected chi connectivity index (χ3v) is 1.88. The third-order valence-electron chi connectivity index (χ3n) is 1.88. The molecule has 0 aliphatic carbocycles. The van der Waals surface area contributed by atoms with Gasteiger partial charge in [-0.3, -0.25) is 4.98 Å². The molecule has 0 amide bonds. The van der Waals surface area contributed by atoms with E-state index in [1.54, 1.807) is 12.3 Å². The van der Waals surface area contributed by atoms with Crippen LogP contribution in [0.3, 0.4) is 0 Å². The van der Waals surface area contributed by atoms with Gasteiger partial charge in [-0.05, 0) is 25.1 Å². The Kier molecular flexibility index (Phi) is 3.26. The lowest BCUT2D eigenvalue weighted by Crippen LogP contribution is -2.06. The van der Waals surface area contributed by atoms with Crippen molar-refractivity contribution in [3.8, 4) is 0 Å². The Morgan fingerprint density at radius 1 is 1.62 bits per heavy atom. The average Bonchev–Trinajstić information content (AvgIpc) is 2.20. The molecule has 0 aliphatic rings. The van der Waals surface area contributed by atoms with Crippen LogP contribution in [0.4, 0.5) is 0 Å². The summed E-state index contributed by atoms with van der Waals surface area (Å²) in [7, 11) is 1.90. The molecule has 2 heteroatoms. The van der Waals surface area contributed by atoms with Crippen LogP contribution in [0.25, 0.3) is 11.8 Å². The number of rotatable bonds is 3. The molecule has 0 radical (unpaired) electrons. The zero-order valence-corrected chi connectivity index (χ0v) is 8.04. The van der Waals surface area contributed by atoms with E-state index in [-0.39, 0.29) is 0 Å². The van der Waals surface area contributed by atoms with Crippen molar-refractivity contribution in [2.24, 2.45) is 0 Å². The summed E-state index contributed by atoms with van der Waals surface area (Å²) in [5.41, 5.74) is 3.07. The van der Waals surface area contributed by atoms with Gasteiger partial charge in [0.15, 0.2) is 0 Å². The van der Waals surface area contributed by atoms with Gasteiger partial charge in [0.1, 0.15) is 0 Å². The van der Waals surface area contributed by atoms with Crippen LogP contribution in [0.15, 0.2) is 31.0 Å². The van der Waals surface area contributed by atoms with E-state index < -0.39 is 0 Å². The first-order valence-corrected chi connectivity index (χ1v) is 4.25. The summed E-state index contributed by atoms with van der Waals surface area (Å²) in [5.74, 6) is 0. The molecular formula is C11H14N2. The van der Waals surface area contributed by atoms with Gasteiger partial charge in [-0.2, -0.15) is 0 Å². The Balaban J connectivity index is 3.19. The summed E-state index contributed by atoms with van der Waals surface area (Å²) < 4.78 is 0. The Morgan fingerprint density at radius 3 is 2.92 bits per heavy atom. The van der Waals surface area contributed by atoms with Crippen molar-refractivity contribution in [2.45, 2.75) is 6.92 Å². The number of aromatic nitrogens is 1. The molecule has 0 unspecified atom stereocenters. The van der Waals surface area contributed by atoms with Crippen LogP contribution in [-0.2, 0) is 0 Å². The second-order valence-electron chi connectivity index (χ2n) is 2.59. The first kappa shape index (κ1) is 9.52. The van der Waals surface area contributed by atoms with Crippen LogP contribution in [0.1, 0.15) is 18.2 Å².